The minimum Gasteiger partial charge on any atom is -0.390 e. The predicted molar refractivity (Wildman–Crippen MR) is 39.9 cm³/mol. The average Bonchev–Trinajstić information content (AvgIpc) is 1.99. The molecule has 0 saturated carbocycles. The van der Waals surface area contributed by atoms with E-state index in [4.69, 9.17) is 0 Å². The molecular formula is C8H12O3. The Morgan fingerprint density at radius 2 is 2.27 bits per heavy atom. The maximum absolute atomic E-state index is 10.3. The van der Waals surface area contributed by atoms with Gasteiger partial charge in [0.25, 0.3) is 0 Å². The first kappa shape index (κ1) is 8.43. The molecule has 1 aliphatic rings. The van der Waals surface area contributed by atoms with E-state index in [-0.39, 0.29) is 12.3 Å². The molecule has 11 heavy (non-hydrogen) atoms. The maximum Gasteiger partial charge on any atom is 0.145 e. The molecule has 0 amide bonds. The van der Waals surface area contributed by atoms with Crippen molar-refractivity contribution < 1.29 is 15.0 Å². The van der Waals surface area contributed by atoms with Crippen LogP contribution >= 0.6 is 0 Å². The number of hydrogen-bond acceptors (Lipinski definition) is 3. The largest absolute Gasteiger partial charge is 0.390 e. The molecule has 3 heteroatoms. The summed E-state index contributed by atoms with van der Waals surface area (Å²) in [6, 6.07) is 0. The van der Waals surface area contributed by atoms with Crippen LogP contribution in [0.25, 0.3) is 0 Å². The zero-order valence-corrected chi connectivity index (χ0v) is 6.40. The van der Waals surface area contributed by atoms with Gasteiger partial charge < -0.3 is 10.2 Å². The first-order chi connectivity index (χ1) is 5.15. The molecule has 1 rings (SSSR count). The number of aliphatic hydroxyl groups excluding tert-OH is 2. The molecule has 3 unspecified atom stereocenters. The number of carbonyl (C=O) groups excluding carboxylic acids is 1. The van der Waals surface area contributed by atoms with Crippen LogP contribution in [-0.2, 0) is 4.79 Å². The summed E-state index contributed by atoms with van der Waals surface area (Å²) in [5.41, 5.74) is 0.579. The lowest BCUT2D eigenvalue weighted by Crippen LogP contribution is -2.35. The van der Waals surface area contributed by atoms with Crippen molar-refractivity contribution in [3.8, 4) is 0 Å². The second-order valence-corrected chi connectivity index (χ2v) is 2.98. The molecule has 2 N–H and O–H groups in total. The van der Waals surface area contributed by atoms with Gasteiger partial charge in [0.2, 0.25) is 0 Å². The SMILES string of the molecule is CC1C=C(C=O)CC(O)C1O. The summed E-state index contributed by atoms with van der Waals surface area (Å²) < 4.78 is 0. The van der Waals surface area contributed by atoms with Crippen molar-refractivity contribution >= 4 is 6.29 Å². The van der Waals surface area contributed by atoms with Gasteiger partial charge in [0.1, 0.15) is 6.29 Å². The lowest BCUT2D eigenvalue weighted by Gasteiger charge is -2.26. The Bertz CT molecular complexity index is 186. The fraction of sp³-hybridized carbons (Fsp3) is 0.625. The quantitative estimate of drug-likeness (QED) is 0.520. The molecule has 0 radical (unpaired) electrons. The Morgan fingerprint density at radius 3 is 2.73 bits per heavy atom. The minimum atomic E-state index is -0.782. The van der Waals surface area contributed by atoms with E-state index in [0.717, 1.165) is 6.29 Å². The van der Waals surface area contributed by atoms with Crippen molar-refractivity contribution in [2.75, 3.05) is 0 Å². The highest BCUT2D eigenvalue weighted by Gasteiger charge is 2.26. The third kappa shape index (κ3) is 1.67. The molecule has 0 aliphatic heterocycles. The van der Waals surface area contributed by atoms with E-state index >= 15 is 0 Å². The number of carbonyl (C=O) groups is 1. The van der Waals surface area contributed by atoms with E-state index in [1.54, 1.807) is 13.0 Å². The standard InChI is InChI=1S/C8H12O3/c1-5-2-6(4-9)3-7(10)8(5)11/h2,4-5,7-8,10-11H,3H2,1H3. The maximum atomic E-state index is 10.3. The molecule has 3 atom stereocenters. The Hall–Kier alpha value is -0.670. The van der Waals surface area contributed by atoms with Crippen LogP contribution in [0.5, 0.6) is 0 Å². The zero-order valence-electron chi connectivity index (χ0n) is 6.40. The topological polar surface area (TPSA) is 57.5 Å². The first-order valence-electron chi connectivity index (χ1n) is 3.67. The lowest BCUT2D eigenvalue weighted by atomic mass is 9.87. The highest BCUT2D eigenvalue weighted by molar-refractivity contribution is 5.73. The van der Waals surface area contributed by atoms with Crippen LogP contribution in [0.15, 0.2) is 11.6 Å². The number of hydrogen-bond donors (Lipinski definition) is 2. The van der Waals surface area contributed by atoms with Gasteiger partial charge in [-0.3, -0.25) is 4.79 Å². The van der Waals surface area contributed by atoms with E-state index < -0.39 is 12.2 Å². The van der Waals surface area contributed by atoms with E-state index in [1.165, 1.54) is 0 Å². The summed E-state index contributed by atoms with van der Waals surface area (Å²) in [7, 11) is 0. The Labute approximate surface area is 65.3 Å². The van der Waals surface area contributed by atoms with Gasteiger partial charge in [-0.2, -0.15) is 0 Å². The lowest BCUT2D eigenvalue weighted by molar-refractivity contribution is -0.105. The van der Waals surface area contributed by atoms with E-state index in [0.29, 0.717) is 5.57 Å². The summed E-state index contributed by atoms with van der Waals surface area (Å²) in [4.78, 5) is 10.3. The van der Waals surface area contributed by atoms with Gasteiger partial charge in [0.05, 0.1) is 12.2 Å². The third-order valence-corrected chi connectivity index (χ3v) is 2.01. The van der Waals surface area contributed by atoms with Gasteiger partial charge in [-0.1, -0.05) is 13.0 Å². The highest BCUT2D eigenvalue weighted by atomic mass is 16.3. The van der Waals surface area contributed by atoms with Crippen LogP contribution in [-0.4, -0.2) is 28.7 Å². The number of rotatable bonds is 1. The van der Waals surface area contributed by atoms with Crippen LogP contribution in [0, 0.1) is 5.92 Å². The van der Waals surface area contributed by atoms with Gasteiger partial charge >= 0.3 is 0 Å². The Balaban J connectivity index is 2.75. The summed E-state index contributed by atoms with van der Waals surface area (Å²) in [6.07, 6.45) is 1.19. The van der Waals surface area contributed by atoms with Crippen LogP contribution in [0.3, 0.4) is 0 Å². The molecule has 0 aromatic heterocycles. The summed E-state index contributed by atoms with van der Waals surface area (Å²) in [5.74, 6) is -0.126. The molecule has 0 spiro atoms. The van der Waals surface area contributed by atoms with Crippen molar-refractivity contribution in [3.63, 3.8) is 0 Å². The first-order valence-corrected chi connectivity index (χ1v) is 3.67. The van der Waals surface area contributed by atoms with Crippen molar-refractivity contribution in [2.45, 2.75) is 25.6 Å². The molecule has 62 valence electrons. The van der Waals surface area contributed by atoms with Gasteiger partial charge in [-0.05, 0) is 5.57 Å². The minimum absolute atomic E-state index is 0.126. The Kier molecular flexibility index (Phi) is 2.42. The van der Waals surface area contributed by atoms with E-state index in [2.05, 4.69) is 0 Å². The van der Waals surface area contributed by atoms with Crippen molar-refractivity contribution in [1.82, 2.24) is 0 Å². The normalized spacial score (nSPS) is 38.1. The molecule has 3 nitrogen and oxygen atoms in total. The summed E-state index contributed by atoms with van der Waals surface area (Å²) in [6.45, 7) is 1.77. The van der Waals surface area contributed by atoms with Crippen molar-refractivity contribution in [3.05, 3.63) is 11.6 Å². The molecule has 0 aromatic rings. The molecule has 0 fully saturated rings. The van der Waals surface area contributed by atoms with E-state index in [1.807, 2.05) is 0 Å². The molecular weight excluding hydrogens is 144 g/mol. The van der Waals surface area contributed by atoms with Gasteiger partial charge in [-0.25, -0.2) is 0 Å². The Morgan fingerprint density at radius 1 is 1.64 bits per heavy atom. The summed E-state index contributed by atoms with van der Waals surface area (Å²) >= 11 is 0. The predicted octanol–water partition coefficient (Wildman–Crippen LogP) is -0.127. The smallest absolute Gasteiger partial charge is 0.145 e. The highest BCUT2D eigenvalue weighted by Crippen LogP contribution is 2.22. The van der Waals surface area contributed by atoms with Crippen LogP contribution in [0.2, 0.25) is 0 Å². The van der Waals surface area contributed by atoms with Crippen LogP contribution in [0.4, 0.5) is 0 Å². The van der Waals surface area contributed by atoms with Gasteiger partial charge in [-0.15, -0.1) is 0 Å². The number of aliphatic hydroxyl groups is 2. The zero-order chi connectivity index (χ0) is 8.43. The molecule has 0 bridgehead atoms. The van der Waals surface area contributed by atoms with Gasteiger partial charge in [0, 0.05) is 12.3 Å². The molecule has 1 aliphatic carbocycles. The molecule has 0 heterocycles. The fourth-order valence-electron chi connectivity index (χ4n) is 1.30. The van der Waals surface area contributed by atoms with E-state index in [9.17, 15) is 15.0 Å². The van der Waals surface area contributed by atoms with Crippen LogP contribution < -0.4 is 0 Å². The fourth-order valence-corrected chi connectivity index (χ4v) is 1.30. The second kappa shape index (κ2) is 3.15. The average molecular weight is 156 g/mol. The molecule has 0 aromatic carbocycles. The van der Waals surface area contributed by atoms with Crippen molar-refractivity contribution in [1.29, 1.82) is 0 Å². The second-order valence-electron chi connectivity index (χ2n) is 2.98. The molecule has 0 saturated heterocycles. The van der Waals surface area contributed by atoms with Crippen LogP contribution in [0.1, 0.15) is 13.3 Å². The summed E-state index contributed by atoms with van der Waals surface area (Å²) in [5, 5.41) is 18.4. The number of aldehydes is 1. The third-order valence-electron chi connectivity index (χ3n) is 2.01. The van der Waals surface area contributed by atoms with Gasteiger partial charge in [0.15, 0.2) is 0 Å². The monoisotopic (exact) mass is 156 g/mol. The van der Waals surface area contributed by atoms with Crippen molar-refractivity contribution in [2.24, 2.45) is 5.92 Å².